The van der Waals surface area contributed by atoms with Gasteiger partial charge in [-0.3, -0.25) is 0 Å². The van der Waals surface area contributed by atoms with Crippen LogP contribution in [0.15, 0.2) is 17.0 Å². The van der Waals surface area contributed by atoms with Crippen molar-refractivity contribution in [2.45, 2.75) is 23.7 Å². The summed E-state index contributed by atoms with van der Waals surface area (Å²) >= 11 is 5.38. The highest BCUT2D eigenvalue weighted by Gasteiger charge is 2.30. The maximum atomic E-state index is 12.0. The van der Waals surface area contributed by atoms with Crippen molar-refractivity contribution in [3.8, 4) is 0 Å². The Morgan fingerprint density at radius 3 is 2.64 bits per heavy atom. The van der Waals surface area contributed by atoms with Crippen LogP contribution < -0.4 is 0 Å². The van der Waals surface area contributed by atoms with Crippen LogP contribution in [0.3, 0.4) is 0 Å². The van der Waals surface area contributed by atoms with Crippen molar-refractivity contribution >= 4 is 23.4 Å². The maximum Gasteiger partial charge on any atom is 0.446 e. The zero-order chi connectivity index (χ0) is 10.8. The molecule has 1 rings (SSSR count). The first-order chi connectivity index (χ1) is 6.42. The third-order valence-corrected chi connectivity index (χ3v) is 2.75. The molecule has 14 heavy (non-hydrogen) atoms. The summed E-state index contributed by atoms with van der Waals surface area (Å²) in [4.78, 5) is 0.0125. The molecule has 5 heteroatoms. The van der Waals surface area contributed by atoms with Gasteiger partial charge in [0.25, 0.3) is 0 Å². The number of hydrogen-bond donors (Lipinski definition) is 0. The first kappa shape index (κ1) is 11.7. The molecule has 1 aromatic rings. The van der Waals surface area contributed by atoms with E-state index in [0.717, 1.165) is 5.56 Å². The lowest BCUT2D eigenvalue weighted by atomic mass is 10.2. The molecule has 0 aliphatic rings. The largest absolute Gasteiger partial charge is 0.446 e. The standard InChI is InChI=1S/C9H7ClF3S/c1-2-6-3-4-7(10)8(5-6)14-9(11,12)13/h3,5H,2H2,1H3. The van der Waals surface area contributed by atoms with Crippen LogP contribution in [0, 0.1) is 6.07 Å². The Labute approximate surface area is 89.4 Å². The van der Waals surface area contributed by atoms with Gasteiger partial charge in [0.2, 0.25) is 0 Å². The molecule has 77 valence electrons. The smallest absolute Gasteiger partial charge is 0.160 e. The number of rotatable bonds is 2. The van der Waals surface area contributed by atoms with Gasteiger partial charge < -0.3 is 0 Å². The van der Waals surface area contributed by atoms with E-state index in [1.807, 2.05) is 6.92 Å². The fourth-order valence-electron chi connectivity index (χ4n) is 0.904. The van der Waals surface area contributed by atoms with E-state index in [1.54, 1.807) is 6.07 Å². The van der Waals surface area contributed by atoms with Crippen LogP contribution in [0.25, 0.3) is 0 Å². The Morgan fingerprint density at radius 1 is 1.50 bits per heavy atom. The minimum absolute atomic E-state index is 0.0125. The Kier molecular flexibility index (Phi) is 3.72. The van der Waals surface area contributed by atoms with Gasteiger partial charge in [0.15, 0.2) is 0 Å². The second-order valence-corrected chi connectivity index (χ2v) is 4.07. The Bertz CT molecular complexity index is 322. The molecule has 0 N–H and O–H groups in total. The number of thioether (sulfide) groups is 1. The van der Waals surface area contributed by atoms with Crippen LogP contribution in [0.2, 0.25) is 5.02 Å². The molecule has 0 saturated carbocycles. The molecule has 0 spiro atoms. The number of hydrogen-bond acceptors (Lipinski definition) is 1. The predicted molar refractivity (Wildman–Crippen MR) is 51.6 cm³/mol. The first-order valence-electron chi connectivity index (χ1n) is 3.88. The average Bonchev–Trinajstić information content (AvgIpc) is 2.06. The molecule has 0 amide bonds. The highest BCUT2D eigenvalue weighted by molar-refractivity contribution is 8.00. The van der Waals surface area contributed by atoms with Gasteiger partial charge in [-0.1, -0.05) is 18.5 Å². The van der Waals surface area contributed by atoms with Gasteiger partial charge in [0, 0.05) is 11.0 Å². The van der Waals surface area contributed by atoms with Gasteiger partial charge in [-0.25, -0.2) is 0 Å². The van der Waals surface area contributed by atoms with E-state index in [1.165, 1.54) is 6.07 Å². The molecule has 0 fully saturated rings. The fraction of sp³-hybridized carbons (Fsp3) is 0.333. The van der Waals surface area contributed by atoms with Gasteiger partial charge in [-0.15, -0.1) is 0 Å². The Hall–Kier alpha value is -0.350. The van der Waals surface area contributed by atoms with Crippen molar-refractivity contribution < 1.29 is 13.2 Å². The van der Waals surface area contributed by atoms with Crippen LogP contribution in [-0.2, 0) is 6.42 Å². The number of alkyl halides is 3. The summed E-state index contributed by atoms with van der Waals surface area (Å²) in [6.45, 7) is 1.86. The second-order valence-electron chi connectivity index (χ2n) is 2.59. The lowest BCUT2D eigenvalue weighted by molar-refractivity contribution is -0.0328. The lowest BCUT2D eigenvalue weighted by Crippen LogP contribution is -1.99. The van der Waals surface area contributed by atoms with E-state index in [2.05, 4.69) is 6.07 Å². The topological polar surface area (TPSA) is 0 Å². The highest BCUT2D eigenvalue weighted by atomic mass is 35.5. The molecule has 0 aliphatic carbocycles. The van der Waals surface area contributed by atoms with Crippen molar-refractivity contribution in [2.75, 3.05) is 0 Å². The molecular formula is C9H7ClF3S. The molecule has 0 heterocycles. The summed E-state index contributed by atoms with van der Waals surface area (Å²) < 4.78 is 36.1. The van der Waals surface area contributed by atoms with Crippen LogP contribution >= 0.6 is 23.4 Å². The number of benzene rings is 1. The molecule has 0 nitrogen and oxygen atoms in total. The van der Waals surface area contributed by atoms with Gasteiger partial charge in [-0.05, 0) is 35.9 Å². The molecule has 1 aromatic carbocycles. The first-order valence-corrected chi connectivity index (χ1v) is 5.07. The highest BCUT2D eigenvalue weighted by Crippen LogP contribution is 2.40. The Morgan fingerprint density at radius 2 is 2.14 bits per heavy atom. The van der Waals surface area contributed by atoms with Crippen LogP contribution in [0.4, 0.5) is 13.2 Å². The minimum atomic E-state index is -4.30. The van der Waals surface area contributed by atoms with Crippen LogP contribution in [0.5, 0.6) is 0 Å². The SMILES string of the molecule is CCc1c[c]c(Cl)c(SC(F)(F)F)c1. The minimum Gasteiger partial charge on any atom is -0.160 e. The molecule has 1 radical (unpaired) electrons. The summed E-state index contributed by atoms with van der Waals surface area (Å²) in [5.41, 5.74) is -3.51. The summed E-state index contributed by atoms with van der Waals surface area (Å²) in [5, 5.41) is 0.0181. The zero-order valence-corrected chi connectivity index (χ0v) is 8.85. The van der Waals surface area contributed by atoms with Gasteiger partial charge >= 0.3 is 5.51 Å². The average molecular weight is 240 g/mol. The lowest BCUT2D eigenvalue weighted by Gasteiger charge is -2.08. The fourth-order valence-corrected chi connectivity index (χ4v) is 1.74. The Balaban J connectivity index is 2.95. The van der Waals surface area contributed by atoms with Crippen LogP contribution in [0.1, 0.15) is 12.5 Å². The van der Waals surface area contributed by atoms with Crippen molar-refractivity contribution in [3.63, 3.8) is 0 Å². The van der Waals surface area contributed by atoms with Crippen LogP contribution in [-0.4, -0.2) is 5.51 Å². The summed E-state index contributed by atoms with van der Waals surface area (Å²) in [5.74, 6) is 0. The molecule has 0 aromatic heterocycles. The van der Waals surface area contributed by atoms with Crippen molar-refractivity contribution in [1.29, 1.82) is 0 Å². The molecule has 0 saturated heterocycles. The summed E-state index contributed by atoms with van der Waals surface area (Å²) in [6, 6.07) is 5.63. The molecular weight excluding hydrogens is 233 g/mol. The normalized spacial score (nSPS) is 11.8. The summed E-state index contributed by atoms with van der Waals surface area (Å²) in [7, 11) is 0. The van der Waals surface area contributed by atoms with Gasteiger partial charge in [0.1, 0.15) is 0 Å². The van der Waals surface area contributed by atoms with Gasteiger partial charge in [0.05, 0.1) is 5.02 Å². The third kappa shape index (κ3) is 3.42. The third-order valence-electron chi connectivity index (χ3n) is 1.55. The van der Waals surface area contributed by atoms with E-state index >= 15 is 0 Å². The molecule has 0 unspecified atom stereocenters. The quantitative estimate of drug-likeness (QED) is 0.693. The van der Waals surface area contributed by atoms with E-state index in [4.69, 9.17) is 11.6 Å². The zero-order valence-electron chi connectivity index (χ0n) is 7.28. The predicted octanol–water partition coefficient (Wildman–Crippen LogP) is 4.31. The molecule has 0 atom stereocenters. The monoisotopic (exact) mass is 239 g/mol. The molecule has 0 bridgehead atoms. The van der Waals surface area contributed by atoms with Crippen molar-refractivity contribution in [2.24, 2.45) is 0 Å². The van der Waals surface area contributed by atoms with E-state index in [-0.39, 0.29) is 21.7 Å². The second kappa shape index (κ2) is 4.45. The number of halogens is 4. The van der Waals surface area contributed by atoms with E-state index in [9.17, 15) is 13.2 Å². The van der Waals surface area contributed by atoms with Crippen molar-refractivity contribution in [3.05, 3.63) is 28.8 Å². The maximum absolute atomic E-state index is 12.0. The number of aryl methyl sites for hydroxylation is 1. The van der Waals surface area contributed by atoms with E-state index in [0.29, 0.717) is 6.42 Å². The summed E-state index contributed by atoms with van der Waals surface area (Å²) in [6.07, 6.45) is 0.666. The van der Waals surface area contributed by atoms with E-state index < -0.39 is 5.51 Å². The van der Waals surface area contributed by atoms with Gasteiger partial charge in [-0.2, -0.15) is 13.2 Å². The van der Waals surface area contributed by atoms with Crippen molar-refractivity contribution in [1.82, 2.24) is 0 Å². The molecule has 0 aliphatic heterocycles.